The lowest BCUT2D eigenvalue weighted by Gasteiger charge is -2.15. The van der Waals surface area contributed by atoms with Crippen molar-refractivity contribution in [2.45, 2.75) is 39.7 Å². The van der Waals surface area contributed by atoms with E-state index in [1.165, 1.54) is 6.07 Å². The third-order valence-electron chi connectivity index (χ3n) is 5.12. The lowest BCUT2D eigenvalue weighted by molar-refractivity contribution is 0.240. The number of ether oxygens (including phenoxy) is 1. The molecule has 174 valence electrons. The molecule has 9 nitrogen and oxygen atoms in total. The number of hydrogen-bond acceptors (Lipinski definition) is 6. The quantitative estimate of drug-likeness (QED) is 0.369. The SMILES string of the molecule is CCN=CC(/C=C(C)/C=C(\C)C(C)Oc1nn(-c2cnn(C)c2)ccc1=O)c1cnn(C)c1. The third kappa shape index (κ3) is 6.38. The van der Waals surface area contributed by atoms with Gasteiger partial charge in [0.15, 0.2) is 0 Å². The number of nitrogens with zero attached hydrogens (tertiary/aromatic N) is 7. The molecule has 3 rings (SSSR count). The Morgan fingerprint density at radius 3 is 2.55 bits per heavy atom. The molecule has 0 saturated heterocycles. The summed E-state index contributed by atoms with van der Waals surface area (Å²) in [7, 11) is 3.72. The van der Waals surface area contributed by atoms with Gasteiger partial charge in [-0.2, -0.15) is 10.2 Å². The van der Waals surface area contributed by atoms with E-state index in [1.54, 1.807) is 26.4 Å². The van der Waals surface area contributed by atoms with Gasteiger partial charge in [0.1, 0.15) is 11.8 Å². The van der Waals surface area contributed by atoms with Crippen LogP contribution in [0.3, 0.4) is 0 Å². The van der Waals surface area contributed by atoms with Gasteiger partial charge in [-0.05, 0) is 33.3 Å². The number of rotatable bonds is 9. The van der Waals surface area contributed by atoms with E-state index >= 15 is 0 Å². The van der Waals surface area contributed by atoms with Crippen molar-refractivity contribution in [3.63, 3.8) is 0 Å². The van der Waals surface area contributed by atoms with Gasteiger partial charge in [-0.1, -0.05) is 17.7 Å². The zero-order valence-electron chi connectivity index (χ0n) is 20.0. The van der Waals surface area contributed by atoms with Crippen LogP contribution >= 0.6 is 0 Å². The molecule has 33 heavy (non-hydrogen) atoms. The van der Waals surface area contributed by atoms with E-state index in [4.69, 9.17) is 4.74 Å². The normalized spacial score (nSPS) is 14.6. The van der Waals surface area contributed by atoms with Crippen molar-refractivity contribution in [2.75, 3.05) is 6.54 Å². The van der Waals surface area contributed by atoms with Gasteiger partial charge in [-0.25, -0.2) is 4.68 Å². The first-order chi connectivity index (χ1) is 15.8. The fraction of sp³-hybridized carbons (Fsp3) is 0.375. The van der Waals surface area contributed by atoms with Crippen LogP contribution in [0.25, 0.3) is 5.69 Å². The Morgan fingerprint density at radius 1 is 1.18 bits per heavy atom. The van der Waals surface area contributed by atoms with E-state index in [0.717, 1.165) is 28.9 Å². The van der Waals surface area contributed by atoms with Crippen LogP contribution in [0.4, 0.5) is 0 Å². The summed E-state index contributed by atoms with van der Waals surface area (Å²) in [6, 6.07) is 1.44. The second kappa shape index (κ2) is 10.7. The lowest BCUT2D eigenvalue weighted by Crippen LogP contribution is -2.21. The maximum absolute atomic E-state index is 12.3. The molecule has 0 spiro atoms. The molecule has 3 aromatic heterocycles. The van der Waals surface area contributed by atoms with Gasteiger partial charge in [0.25, 0.3) is 5.88 Å². The first-order valence-corrected chi connectivity index (χ1v) is 10.9. The number of aliphatic imine (C=N–C) groups is 1. The fourth-order valence-corrected chi connectivity index (χ4v) is 3.27. The molecule has 0 aliphatic heterocycles. The molecule has 3 heterocycles. The molecule has 3 aromatic rings. The molecule has 0 aromatic carbocycles. The summed E-state index contributed by atoms with van der Waals surface area (Å²) in [5.74, 6) is 0.0768. The standard InChI is InChI=1S/C24H31N7O2/c1-7-25-12-20(21-13-26-29(5)15-21)11-17(2)10-18(3)19(4)33-24-23(32)8-9-31(28-24)22-14-27-30(6)16-22/h8-16,19-20H,7H2,1-6H3/b17-11+,18-10+,25-12?. The van der Waals surface area contributed by atoms with Crippen molar-refractivity contribution in [1.29, 1.82) is 0 Å². The van der Waals surface area contributed by atoms with Gasteiger partial charge in [0.05, 0.1) is 18.6 Å². The average Bonchev–Trinajstić information content (AvgIpc) is 3.40. The number of allylic oxidation sites excluding steroid dienone is 3. The average molecular weight is 450 g/mol. The van der Waals surface area contributed by atoms with E-state index in [-0.39, 0.29) is 23.3 Å². The largest absolute Gasteiger partial charge is 0.466 e. The Labute approximate surface area is 193 Å². The molecule has 0 fully saturated rings. The highest BCUT2D eigenvalue weighted by molar-refractivity contribution is 5.70. The molecule has 0 aliphatic rings. The topological polar surface area (TPSA) is 92.1 Å². The molecular weight excluding hydrogens is 418 g/mol. The first kappa shape index (κ1) is 23.9. The van der Waals surface area contributed by atoms with Gasteiger partial charge in [0.2, 0.25) is 5.43 Å². The van der Waals surface area contributed by atoms with E-state index in [2.05, 4.69) is 32.4 Å². The predicted octanol–water partition coefficient (Wildman–Crippen LogP) is 3.23. The van der Waals surface area contributed by atoms with Crippen molar-refractivity contribution >= 4 is 6.21 Å². The van der Waals surface area contributed by atoms with Gasteiger partial charge >= 0.3 is 0 Å². The summed E-state index contributed by atoms with van der Waals surface area (Å²) >= 11 is 0. The second-order valence-electron chi connectivity index (χ2n) is 7.98. The van der Waals surface area contributed by atoms with Crippen LogP contribution in [0.2, 0.25) is 0 Å². The second-order valence-corrected chi connectivity index (χ2v) is 7.98. The van der Waals surface area contributed by atoms with Gasteiger partial charge in [-0.3, -0.25) is 19.2 Å². The van der Waals surface area contributed by atoms with Crippen LogP contribution in [-0.4, -0.2) is 48.2 Å². The monoisotopic (exact) mass is 449 g/mol. The first-order valence-electron chi connectivity index (χ1n) is 10.9. The minimum atomic E-state index is -0.334. The summed E-state index contributed by atoms with van der Waals surface area (Å²) in [5, 5.41) is 12.8. The maximum atomic E-state index is 12.3. The molecule has 2 unspecified atom stereocenters. The molecule has 9 heteroatoms. The Balaban J connectivity index is 1.78. The van der Waals surface area contributed by atoms with Crippen molar-refractivity contribution < 1.29 is 4.74 Å². The zero-order valence-corrected chi connectivity index (χ0v) is 20.0. The maximum Gasteiger partial charge on any atom is 0.280 e. The van der Waals surface area contributed by atoms with Crippen LogP contribution in [0.5, 0.6) is 5.88 Å². The summed E-state index contributed by atoms with van der Waals surface area (Å²) < 4.78 is 11.0. The fourth-order valence-electron chi connectivity index (χ4n) is 3.27. The van der Waals surface area contributed by atoms with E-state index in [9.17, 15) is 4.79 Å². The van der Waals surface area contributed by atoms with E-state index in [1.807, 2.05) is 66.6 Å². The zero-order chi connectivity index (χ0) is 24.0. The summed E-state index contributed by atoms with van der Waals surface area (Å²) in [6.07, 6.45) is 14.7. The molecule has 0 bridgehead atoms. The van der Waals surface area contributed by atoms with Crippen molar-refractivity contribution in [3.8, 4) is 11.6 Å². The van der Waals surface area contributed by atoms with E-state index in [0.29, 0.717) is 0 Å². The van der Waals surface area contributed by atoms with Crippen LogP contribution < -0.4 is 10.2 Å². The van der Waals surface area contributed by atoms with Crippen molar-refractivity contribution in [1.82, 2.24) is 29.3 Å². The predicted molar refractivity (Wildman–Crippen MR) is 129 cm³/mol. The summed E-state index contributed by atoms with van der Waals surface area (Å²) in [4.78, 5) is 16.7. The summed E-state index contributed by atoms with van der Waals surface area (Å²) in [6.45, 7) is 8.65. The Morgan fingerprint density at radius 2 is 1.91 bits per heavy atom. The van der Waals surface area contributed by atoms with Gasteiger partial charge < -0.3 is 4.74 Å². The number of hydrogen-bond donors (Lipinski definition) is 0. The molecule has 0 radical (unpaired) electrons. The minimum Gasteiger partial charge on any atom is -0.466 e. The highest BCUT2D eigenvalue weighted by atomic mass is 16.5. The molecule has 0 N–H and O–H groups in total. The smallest absolute Gasteiger partial charge is 0.280 e. The van der Waals surface area contributed by atoms with Crippen molar-refractivity contribution in [2.24, 2.45) is 19.1 Å². The molecule has 0 saturated carbocycles. The molecule has 2 atom stereocenters. The number of aryl methyl sites for hydroxylation is 2. The highest BCUT2D eigenvalue weighted by Crippen LogP contribution is 2.19. The van der Waals surface area contributed by atoms with E-state index < -0.39 is 0 Å². The van der Waals surface area contributed by atoms with Crippen LogP contribution in [0.15, 0.2) is 70.1 Å². The summed E-state index contributed by atoms with van der Waals surface area (Å²) in [5.41, 5.74) is 3.59. The van der Waals surface area contributed by atoms with Crippen molar-refractivity contribution in [3.05, 3.63) is 76.1 Å². The number of aromatic nitrogens is 6. The Hall–Kier alpha value is -3.75. The molecule has 0 amide bonds. The minimum absolute atomic E-state index is 0.0291. The highest BCUT2D eigenvalue weighted by Gasteiger charge is 2.13. The molecular formula is C24H31N7O2. The molecule has 0 aliphatic carbocycles. The van der Waals surface area contributed by atoms with Crippen LogP contribution in [-0.2, 0) is 14.1 Å². The van der Waals surface area contributed by atoms with Gasteiger partial charge in [0, 0.05) is 56.8 Å². The van der Waals surface area contributed by atoms with Gasteiger partial charge in [-0.15, -0.1) is 5.10 Å². The van der Waals surface area contributed by atoms with Crippen LogP contribution in [0.1, 0.15) is 39.2 Å². The lowest BCUT2D eigenvalue weighted by atomic mass is 9.99. The van der Waals surface area contributed by atoms with Crippen LogP contribution in [0, 0.1) is 0 Å². The Kier molecular flexibility index (Phi) is 7.76. The Bertz CT molecular complexity index is 1230. The third-order valence-corrected chi connectivity index (χ3v) is 5.12.